The van der Waals surface area contributed by atoms with Crippen LogP contribution in [0.15, 0.2) is 18.2 Å². The van der Waals surface area contributed by atoms with Gasteiger partial charge in [-0.3, -0.25) is 14.9 Å². The van der Waals surface area contributed by atoms with Crippen molar-refractivity contribution in [3.05, 3.63) is 33.9 Å². The molecule has 1 atom stereocenters. The van der Waals surface area contributed by atoms with Crippen molar-refractivity contribution in [1.82, 2.24) is 5.32 Å². The molecule has 1 aliphatic heterocycles. The van der Waals surface area contributed by atoms with Crippen LogP contribution in [0, 0.1) is 16.0 Å². The first-order chi connectivity index (χ1) is 11.1. The molecule has 0 spiro atoms. The van der Waals surface area contributed by atoms with E-state index in [1.807, 2.05) is 4.90 Å². The molecular weight excluding hydrogens is 332 g/mol. The molecule has 0 radical (unpaired) electrons. The standard InChI is InChI=1S/C16H22N4O3.ClH/c17-10-13(11-3-4-11)18-16(21)12-5-6-14(15(9-12)20(22)23)19-7-1-2-8-19;/h5-6,9,11,13H,1-4,7-8,10,17H2,(H,18,21);1H. The summed E-state index contributed by atoms with van der Waals surface area (Å²) < 4.78 is 0. The summed E-state index contributed by atoms with van der Waals surface area (Å²) in [6.07, 6.45) is 4.24. The minimum atomic E-state index is -0.411. The maximum Gasteiger partial charge on any atom is 0.293 e. The van der Waals surface area contributed by atoms with Crippen molar-refractivity contribution < 1.29 is 9.72 Å². The minimum absolute atomic E-state index is 0. The molecular formula is C16H23ClN4O3. The van der Waals surface area contributed by atoms with Crippen molar-refractivity contribution >= 4 is 29.7 Å². The SMILES string of the molecule is Cl.NCC(NC(=O)c1ccc(N2CCCC2)c([N+](=O)[O-])c1)C1CC1. The number of carbonyl (C=O) groups is 1. The Morgan fingerprint density at radius 3 is 2.58 bits per heavy atom. The number of halogens is 1. The molecule has 1 saturated heterocycles. The van der Waals surface area contributed by atoms with Crippen LogP contribution in [0.2, 0.25) is 0 Å². The van der Waals surface area contributed by atoms with E-state index in [4.69, 9.17) is 5.73 Å². The van der Waals surface area contributed by atoms with Gasteiger partial charge in [0.15, 0.2) is 0 Å². The quantitative estimate of drug-likeness (QED) is 0.601. The molecule has 132 valence electrons. The van der Waals surface area contributed by atoms with Crippen LogP contribution in [-0.2, 0) is 0 Å². The molecule has 8 heteroatoms. The molecule has 1 heterocycles. The van der Waals surface area contributed by atoms with Crippen molar-refractivity contribution in [3.8, 4) is 0 Å². The lowest BCUT2D eigenvalue weighted by Crippen LogP contribution is -2.41. The largest absolute Gasteiger partial charge is 0.366 e. The summed E-state index contributed by atoms with van der Waals surface area (Å²) in [5, 5.41) is 14.3. The Balaban J connectivity index is 0.00000208. The second-order valence-corrected chi connectivity index (χ2v) is 6.31. The van der Waals surface area contributed by atoms with Gasteiger partial charge in [-0.1, -0.05) is 0 Å². The predicted octanol–water partition coefficient (Wildman–Crippen LogP) is 2.08. The van der Waals surface area contributed by atoms with Crippen LogP contribution >= 0.6 is 12.4 Å². The van der Waals surface area contributed by atoms with Gasteiger partial charge in [0.05, 0.1) is 4.92 Å². The Morgan fingerprint density at radius 1 is 1.38 bits per heavy atom. The van der Waals surface area contributed by atoms with Gasteiger partial charge < -0.3 is 16.0 Å². The third-order valence-electron chi connectivity index (χ3n) is 4.64. The maximum atomic E-state index is 12.4. The van der Waals surface area contributed by atoms with E-state index >= 15 is 0 Å². The molecule has 1 aromatic rings. The highest BCUT2D eigenvalue weighted by molar-refractivity contribution is 5.96. The Morgan fingerprint density at radius 2 is 2.04 bits per heavy atom. The summed E-state index contributed by atoms with van der Waals surface area (Å²) in [7, 11) is 0. The lowest BCUT2D eigenvalue weighted by atomic mass is 10.1. The van der Waals surface area contributed by atoms with Crippen molar-refractivity contribution in [2.24, 2.45) is 11.7 Å². The summed E-state index contributed by atoms with van der Waals surface area (Å²) in [5.74, 6) is 0.159. The third kappa shape index (κ3) is 3.96. The van der Waals surface area contributed by atoms with Gasteiger partial charge in [0, 0.05) is 37.3 Å². The fourth-order valence-electron chi connectivity index (χ4n) is 3.16. The number of nitro benzene ring substituents is 1. The van der Waals surface area contributed by atoms with Crippen LogP contribution in [0.25, 0.3) is 0 Å². The summed E-state index contributed by atoms with van der Waals surface area (Å²) in [4.78, 5) is 25.3. The first-order valence-corrected chi connectivity index (χ1v) is 8.14. The van der Waals surface area contributed by atoms with E-state index in [0.29, 0.717) is 23.7 Å². The van der Waals surface area contributed by atoms with Crippen LogP contribution in [-0.4, -0.2) is 36.5 Å². The molecule has 1 aromatic carbocycles. The summed E-state index contributed by atoms with van der Waals surface area (Å²) >= 11 is 0. The molecule has 1 aliphatic carbocycles. The number of carbonyl (C=O) groups excluding carboxylic acids is 1. The summed E-state index contributed by atoms with van der Waals surface area (Å²) in [6.45, 7) is 2.04. The first-order valence-electron chi connectivity index (χ1n) is 8.14. The zero-order valence-electron chi connectivity index (χ0n) is 13.4. The van der Waals surface area contributed by atoms with Crippen LogP contribution in [0.5, 0.6) is 0 Å². The second kappa shape index (κ2) is 7.81. The molecule has 1 unspecified atom stereocenters. The smallest absolute Gasteiger partial charge is 0.293 e. The Labute approximate surface area is 147 Å². The zero-order valence-corrected chi connectivity index (χ0v) is 14.3. The first kappa shape index (κ1) is 18.5. The zero-order chi connectivity index (χ0) is 16.4. The van der Waals surface area contributed by atoms with Gasteiger partial charge in [-0.15, -0.1) is 12.4 Å². The topological polar surface area (TPSA) is 102 Å². The van der Waals surface area contributed by atoms with E-state index in [1.165, 1.54) is 6.07 Å². The third-order valence-corrected chi connectivity index (χ3v) is 4.64. The number of anilines is 1. The Bertz CT molecular complexity index is 615. The Kier molecular flexibility index (Phi) is 6.01. The molecule has 24 heavy (non-hydrogen) atoms. The van der Waals surface area contributed by atoms with E-state index in [9.17, 15) is 14.9 Å². The predicted molar refractivity (Wildman–Crippen MR) is 94.8 cm³/mol. The number of benzene rings is 1. The lowest BCUT2D eigenvalue weighted by Gasteiger charge is -2.19. The average Bonchev–Trinajstić information content (AvgIpc) is 3.25. The highest BCUT2D eigenvalue weighted by atomic mass is 35.5. The van der Waals surface area contributed by atoms with Crippen molar-refractivity contribution in [2.75, 3.05) is 24.5 Å². The molecule has 0 aromatic heterocycles. The van der Waals surface area contributed by atoms with Crippen LogP contribution < -0.4 is 16.0 Å². The van der Waals surface area contributed by atoms with E-state index < -0.39 is 4.92 Å². The number of nitro groups is 1. The molecule has 3 rings (SSSR count). The number of amides is 1. The molecule has 7 nitrogen and oxygen atoms in total. The second-order valence-electron chi connectivity index (χ2n) is 6.31. The van der Waals surface area contributed by atoms with Gasteiger partial charge in [-0.2, -0.15) is 0 Å². The fraction of sp³-hybridized carbons (Fsp3) is 0.562. The number of rotatable bonds is 6. The van der Waals surface area contributed by atoms with Crippen molar-refractivity contribution in [2.45, 2.75) is 31.7 Å². The molecule has 3 N–H and O–H groups in total. The molecule has 1 saturated carbocycles. The number of hydrogen-bond donors (Lipinski definition) is 2. The van der Waals surface area contributed by atoms with Gasteiger partial charge in [-0.05, 0) is 43.7 Å². The van der Waals surface area contributed by atoms with Crippen molar-refractivity contribution in [1.29, 1.82) is 0 Å². The molecule has 1 amide bonds. The van der Waals surface area contributed by atoms with Gasteiger partial charge in [0.1, 0.15) is 5.69 Å². The monoisotopic (exact) mass is 354 g/mol. The van der Waals surface area contributed by atoms with Gasteiger partial charge in [0.2, 0.25) is 0 Å². The van der Waals surface area contributed by atoms with Gasteiger partial charge in [-0.25, -0.2) is 0 Å². The number of nitrogens with two attached hydrogens (primary N) is 1. The van der Waals surface area contributed by atoms with Crippen LogP contribution in [0.3, 0.4) is 0 Å². The van der Waals surface area contributed by atoms with E-state index in [1.54, 1.807) is 12.1 Å². The number of nitrogens with zero attached hydrogens (tertiary/aromatic N) is 2. The fourth-order valence-corrected chi connectivity index (χ4v) is 3.16. The summed E-state index contributed by atoms with van der Waals surface area (Å²) in [5.41, 5.74) is 6.61. The van der Waals surface area contributed by atoms with Crippen LogP contribution in [0.4, 0.5) is 11.4 Å². The van der Waals surface area contributed by atoms with Gasteiger partial charge >= 0.3 is 0 Å². The Hall–Kier alpha value is -1.86. The highest BCUT2D eigenvalue weighted by Crippen LogP contribution is 2.33. The number of hydrogen-bond acceptors (Lipinski definition) is 5. The van der Waals surface area contributed by atoms with Crippen LogP contribution in [0.1, 0.15) is 36.0 Å². The lowest BCUT2D eigenvalue weighted by molar-refractivity contribution is -0.384. The van der Waals surface area contributed by atoms with Crippen molar-refractivity contribution in [3.63, 3.8) is 0 Å². The van der Waals surface area contributed by atoms with E-state index in [-0.39, 0.29) is 30.0 Å². The molecule has 2 fully saturated rings. The highest BCUT2D eigenvalue weighted by Gasteiger charge is 2.32. The normalized spacial score (nSPS) is 18.0. The van der Waals surface area contributed by atoms with E-state index in [0.717, 1.165) is 38.8 Å². The number of nitrogens with one attached hydrogen (secondary N) is 1. The summed E-state index contributed by atoms with van der Waals surface area (Å²) in [6, 6.07) is 4.69. The average molecular weight is 355 g/mol. The molecule has 2 aliphatic rings. The minimum Gasteiger partial charge on any atom is -0.366 e. The molecule has 0 bridgehead atoms. The van der Waals surface area contributed by atoms with Gasteiger partial charge in [0.25, 0.3) is 11.6 Å². The maximum absolute atomic E-state index is 12.4. The van der Waals surface area contributed by atoms with E-state index in [2.05, 4.69) is 5.32 Å².